The number of hydrogen-bond donors (Lipinski definition) is 1. The standard InChI is InChI=1S/C18H18FNO5/c1-23-10-15(21)17-14(8-11(24-2)9-16(17)25-3)20-18(22)12-6-4-5-7-13(12)19/h4-9H,10H2,1-3H3,(H,20,22). The van der Waals surface area contributed by atoms with E-state index in [0.717, 1.165) is 0 Å². The molecule has 0 aliphatic rings. The first kappa shape index (κ1) is 18.4. The highest BCUT2D eigenvalue weighted by Gasteiger charge is 2.22. The molecule has 0 aromatic heterocycles. The Morgan fingerprint density at radius 2 is 1.80 bits per heavy atom. The molecule has 0 heterocycles. The van der Waals surface area contributed by atoms with Crippen LogP contribution in [0, 0.1) is 5.82 Å². The number of halogens is 1. The fourth-order valence-electron chi connectivity index (χ4n) is 2.29. The minimum atomic E-state index is -0.695. The van der Waals surface area contributed by atoms with Gasteiger partial charge in [-0.05, 0) is 12.1 Å². The molecule has 0 fully saturated rings. The molecule has 2 rings (SSSR count). The van der Waals surface area contributed by atoms with E-state index in [4.69, 9.17) is 14.2 Å². The van der Waals surface area contributed by atoms with Gasteiger partial charge in [0.15, 0.2) is 5.78 Å². The van der Waals surface area contributed by atoms with Crippen molar-refractivity contribution >= 4 is 17.4 Å². The zero-order chi connectivity index (χ0) is 18.4. The third-order valence-electron chi connectivity index (χ3n) is 3.45. The van der Waals surface area contributed by atoms with Crippen LogP contribution in [0.5, 0.6) is 11.5 Å². The number of methoxy groups -OCH3 is 3. The van der Waals surface area contributed by atoms with Gasteiger partial charge in [0.05, 0.1) is 31.0 Å². The summed E-state index contributed by atoms with van der Waals surface area (Å²) in [7, 11) is 4.21. The van der Waals surface area contributed by atoms with Crippen LogP contribution in [0.2, 0.25) is 0 Å². The molecular formula is C18H18FNO5. The van der Waals surface area contributed by atoms with Gasteiger partial charge in [-0.3, -0.25) is 9.59 Å². The summed E-state index contributed by atoms with van der Waals surface area (Å²) in [6.45, 7) is -0.203. The van der Waals surface area contributed by atoms with Crippen LogP contribution in [0.15, 0.2) is 36.4 Å². The number of hydrogen-bond acceptors (Lipinski definition) is 5. The number of benzene rings is 2. The number of carbonyl (C=O) groups is 2. The number of nitrogens with one attached hydrogen (secondary N) is 1. The van der Waals surface area contributed by atoms with Crippen molar-refractivity contribution in [2.24, 2.45) is 0 Å². The van der Waals surface area contributed by atoms with Crippen molar-refractivity contribution in [3.05, 3.63) is 53.3 Å². The lowest BCUT2D eigenvalue weighted by molar-refractivity contribution is 0.0846. The summed E-state index contributed by atoms with van der Waals surface area (Å²) in [4.78, 5) is 24.8. The van der Waals surface area contributed by atoms with E-state index in [0.29, 0.717) is 5.75 Å². The van der Waals surface area contributed by atoms with Gasteiger partial charge in [-0.2, -0.15) is 0 Å². The summed E-state index contributed by atoms with van der Waals surface area (Å²) in [5.74, 6) is -1.18. The van der Waals surface area contributed by atoms with Gasteiger partial charge >= 0.3 is 0 Å². The monoisotopic (exact) mass is 347 g/mol. The molecule has 0 bridgehead atoms. The Morgan fingerprint density at radius 3 is 2.40 bits per heavy atom. The van der Waals surface area contributed by atoms with Crippen LogP contribution in [0.25, 0.3) is 0 Å². The van der Waals surface area contributed by atoms with E-state index in [1.807, 2.05) is 0 Å². The van der Waals surface area contributed by atoms with Crippen LogP contribution < -0.4 is 14.8 Å². The molecule has 0 radical (unpaired) electrons. The average molecular weight is 347 g/mol. The predicted molar refractivity (Wildman–Crippen MR) is 90.1 cm³/mol. The normalized spacial score (nSPS) is 10.2. The van der Waals surface area contributed by atoms with E-state index in [2.05, 4.69) is 5.32 Å². The van der Waals surface area contributed by atoms with Gasteiger partial charge in [0, 0.05) is 19.2 Å². The SMILES string of the molecule is COCC(=O)c1c(NC(=O)c2ccccc2F)cc(OC)cc1OC. The van der Waals surface area contributed by atoms with Crippen molar-refractivity contribution in [3.8, 4) is 11.5 Å². The van der Waals surface area contributed by atoms with E-state index in [9.17, 15) is 14.0 Å². The summed E-state index contributed by atoms with van der Waals surface area (Å²) in [5, 5.41) is 2.54. The van der Waals surface area contributed by atoms with Crippen LogP contribution in [0.1, 0.15) is 20.7 Å². The summed E-state index contributed by atoms with van der Waals surface area (Å²) in [6.07, 6.45) is 0. The number of ether oxygens (including phenoxy) is 3. The van der Waals surface area contributed by atoms with Gasteiger partial charge in [0.25, 0.3) is 5.91 Å². The Bertz CT molecular complexity index is 791. The van der Waals surface area contributed by atoms with E-state index in [1.54, 1.807) is 6.07 Å². The van der Waals surface area contributed by atoms with Gasteiger partial charge in [-0.1, -0.05) is 12.1 Å². The van der Waals surface area contributed by atoms with Crippen LogP contribution in [-0.2, 0) is 4.74 Å². The Kier molecular flexibility index (Phi) is 6.08. The summed E-state index contributed by atoms with van der Waals surface area (Å²) in [5.41, 5.74) is 0.121. The highest BCUT2D eigenvalue weighted by Crippen LogP contribution is 2.33. The van der Waals surface area contributed by atoms with E-state index in [1.165, 1.54) is 51.7 Å². The second-order valence-corrected chi connectivity index (χ2v) is 5.04. The summed E-state index contributed by atoms with van der Waals surface area (Å²) < 4.78 is 29.1. The zero-order valence-electron chi connectivity index (χ0n) is 14.1. The van der Waals surface area contributed by atoms with Crippen LogP contribution in [0.3, 0.4) is 0 Å². The van der Waals surface area contributed by atoms with E-state index in [-0.39, 0.29) is 29.2 Å². The highest BCUT2D eigenvalue weighted by molar-refractivity contribution is 6.11. The number of carbonyl (C=O) groups excluding carboxylic acids is 2. The predicted octanol–water partition coefficient (Wildman–Crippen LogP) is 2.92. The number of amides is 1. The Labute approximate surface area is 144 Å². The molecule has 2 aromatic rings. The quantitative estimate of drug-likeness (QED) is 0.780. The molecule has 0 unspecified atom stereocenters. The maximum absolute atomic E-state index is 13.8. The Balaban J connectivity index is 2.49. The second kappa shape index (κ2) is 8.25. The fourth-order valence-corrected chi connectivity index (χ4v) is 2.29. The molecule has 1 amide bonds. The lowest BCUT2D eigenvalue weighted by atomic mass is 10.1. The summed E-state index contributed by atoms with van der Waals surface area (Å²) >= 11 is 0. The van der Waals surface area contributed by atoms with Crippen LogP contribution in [0.4, 0.5) is 10.1 Å². The first-order valence-electron chi connectivity index (χ1n) is 7.35. The molecular weight excluding hydrogens is 329 g/mol. The maximum Gasteiger partial charge on any atom is 0.258 e. The summed E-state index contributed by atoms with van der Waals surface area (Å²) in [6, 6.07) is 8.53. The third-order valence-corrected chi connectivity index (χ3v) is 3.45. The molecule has 0 aliphatic heterocycles. The van der Waals surface area contributed by atoms with Gasteiger partial charge in [0.1, 0.15) is 23.9 Å². The second-order valence-electron chi connectivity index (χ2n) is 5.04. The first-order chi connectivity index (χ1) is 12.0. The van der Waals surface area contributed by atoms with Crippen molar-refractivity contribution < 1.29 is 28.2 Å². The molecule has 132 valence electrons. The number of rotatable bonds is 7. The molecule has 6 nitrogen and oxygen atoms in total. The molecule has 0 aliphatic carbocycles. The van der Waals surface area contributed by atoms with Crippen LogP contribution in [-0.4, -0.2) is 39.6 Å². The fraction of sp³-hybridized carbons (Fsp3) is 0.222. The number of Topliss-reactive ketones (excluding diaryl/α,β-unsaturated/α-hetero) is 1. The average Bonchev–Trinajstić information content (AvgIpc) is 2.61. The zero-order valence-corrected chi connectivity index (χ0v) is 14.1. The van der Waals surface area contributed by atoms with Crippen molar-refractivity contribution in [2.75, 3.05) is 33.3 Å². The largest absolute Gasteiger partial charge is 0.497 e. The lowest BCUT2D eigenvalue weighted by Gasteiger charge is -2.16. The van der Waals surface area contributed by atoms with E-state index < -0.39 is 17.5 Å². The van der Waals surface area contributed by atoms with Crippen molar-refractivity contribution in [3.63, 3.8) is 0 Å². The van der Waals surface area contributed by atoms with Crippen molar-refractivity contribution in [2.45, 2.75) is 0 Å². The molecule has 0 atom stereocenters. The molecule has 7 heteroatoms. The molecule has 0 spiro atoms. The minimum absolute atomic E-state index is 0.120. The third kappa shape index (κ3) is 4.13. The van der Waals surface area contributed by atoms with Gasteiger partial charge in [-0.25, -0.2) is 4.39 Å². The van der Waals surface area contributed by atoms with Crippen molar-refractivity contribution in [1.82, 2.24) is 0 Å². The van der Waals surface area contributed by atoms with Gasteiger partial charge in [0.2, 0.25) is 0 Å². The molecule has 2 aromatic carbocycles. The number of anilines is 1. The van der Waals surface area contributed by atoms with E-state index >= 15 is 0 Å². The maximum atomic E-state index is 13.8. The Hall–Kier alpha value is -2.93. The smallest absolute Gasteiger partial charge is 0.258 e. The van der Waals surface area contributed by atoms with Crippen molar-refractivity contribution in [1.29, 1.82) is 0 Å². The molecule has 25 heavy (non-hydrogen) atoms. The topological polar surface area (TPSA) is 73.9 Å². The first-order valence-corrected chi connectivity index (χ1v) is 7.35. The molecule has 1 N–H and O–H groups in total. The highest BCUT2D eigenvalue weighted by atomic mass is 19.1. The molecule has 0 saturated carbocycles. The van der Waals surface area contributed by atoms with Gasteiger partial charge in [-0.15, -0.1) is 0 Å². The Morgan fingerprint density at radius 1 is 1.08 bits per heavy atom. The lowest BCUT2D eigenvalue weighted by Crippen LogP contribution is -2.18. The minimum Gasteiger partial charge on any atom is -0.497 e. The number of ketones is 1. The van der Waals surface area contributed by atoms with Crippen LogP contribution >= 0.6 is 0 Å². The molecule has 0 saturated heterocycles. The van der Waals surface area contributed by atoms with Gasteiger partial charge < -0.3 is 19.5 Å².